The summed E-state index contributed by atoms with van der Waals surface area (Å²) in [6, 6.07) is 3.74. The summed E-state index contributed by atoms with van der Waals surface area (Å²) < 4.78 is 10.2. The van der Waals surface area contributed by atoms with Gasteiger partial charge in [0.15, 0.2) is 0 Å². The highest BCUT2D eigenvalue weighted by Crippen LogP contribution is 2.22. The van der Waals surface area contributed by atoms with Crippen LogP contribution in [0.5, 0.6) is 0 Å². The average Bonchev–Trinajstić information content (AvgIpc) is 2.33. The van der Waals surface area contributed by atoms with Crippen molar-refractivity contribution < 1.29 is 14.3 Å². The van der Waals surface area contributed by atoms with E-state index < -0.39 is 0 Å². The van der Waals surface area contributed by atoms with E-state index in [9.17, 15) is 4.79 Å². The first-order chi connectivity index (χ1) is 8.19. The molecule has 0 spiro atoms. The first-order valence-corrected chi connectivity index (χ1v) is 5.59. The van der Waals surface area contributed by atoms with Crippen molar-refractivity contribution in [1.82, 2.24) is 4.98 Å². The van der Waals surface area contributed by atoms with Gasteiger partial charge < -0.3 is 15.2 Å². The number of carbonyl (C=O) groups is 1. The summed E-state index contributed by atoms with van der Waals surface area (Å²) in [5.74, 6) is -0.380. The number of pyridine rings is 1. The van der Waals surface area contributed by atoms with E-state index >= 15 is 0 Å². The molecule has 0 radical (unpaired) electrons. The van der Waals surface area contributed by atoms with Gasteiger partial charge in [-0.1, -0.05) is 0 Å². The lowest BCUT2D eigenvalue weighted by Gasteiger charge is -2.32. The SMILES string of the molecule is COC(=O)c1ccc(COC2CC(N)C2)nc1. The molecule has 1 heterocycles. The number of methoxy groups -OCH3 is 1. The van der Waals surface area contributed by atoms with Crippen LogP contribution < -0.4 is 5.73 Å². The van der Waals surface area contributed by atoms with Crippen molar-refractivity contribution in [2.45, 2.75) is 31.6 Å². The van der Waals surface area contributed by atoms with Crippen LogP contribution >= 0.6 is 0 Å². The molecule has 0 bridgehead atoms. The van der Waals surface area contributed by atoms with Gasteiger partial charge in [0.1, 0.15) is 0 Å². The molecule has 5 heteroatoms. The zero-order valence-corrected chi connectivity index (χ0v) is 9.76. The molecule has 0 saturated heterocycles. The van der Waals surface area contributed by atoms with E-state index in [-0.39, 0.29) is 18.1 Å². The Morgan fingerprint density at radius 3 is 2.82 bits per heavy atom. The number of nitrogens with zero attached hydrogens (tertiary/aromatic N) is 1. The lowest BCUT2D eigenvalue weighted by atomic mass is 9.90. The van der Waals surface area contributed by atoms with Crippen LogP contribution in [0.4, 0.5) is 0 Å². The Balaban J connectivity index is 1.83. The summed E-state index contributed by atoms with van der Waals surface area (Å²) >= 11 is 0. The Morgan fingerprint density at radius 1 is 1.53 bits per heavy atom. The Morgan fingerprint density at radius 2 is 2.29 bits per heavy atom. The fraction of sp³-hybridized carbons (Fsp3) is 0.500. The standard InChI is InChI=1S/C12H16N2O3/c1-16-12(15)8-2-3-10(14-6-8)7-17-11-4-9(13)5-11/h2-3,6,9,11H,4-5,7,13H2,1H3. The minimum Gasteiger partial charge on any atom is -0.465 e. The van der Waals surface area contributed by atoms with Crippen LogP contribution in [0.1, 0.15) is 28.9 Å². The number of rotatable bonds is 4. The molecule has 2 N–H and O–H groups in total. The number of ether oxygens (including phenoxy) is 2. The molecule has 0 unspecified atom stereocenters. The van der Waals surface area contributed by atoms with Crippen LogP contribution in [-0.4, -0.2) is 30.2 Å². The largest absolute Gasteiger partial charge is 0.465 e. The Bertz CT molecular complexity index is 385. The van der Waals surface area contributed by atoms with E-state index in [2.05, 4.69) is 9.72 Å². The van der Waals surface area contributed by atoms with Crippen molar-refractivity contribution in [1.29, 1.82) is 0 Å². The maximum atomic E-state index is 11.2. The molecule has 0 aromatic carbocycles. The summed E-state index contributed by atoms with van der Waals surface area (Å²) in [5, 5.41) is 0. The van der Waals surface area contributed by atoms with Crippen molar-refractivity contribution in [3.63, 3.8) is 0 Å². The fourth-order valence-electron chi connectivity index (χ4n) is 1.69. The van der Waals surface area contributed by atoms with E-state index in [1.165, 1.54) is 13.3 Å². The fourth-order valence-corrected chi connectivity index (χ4v) is 1.69. The third kappa shape index (κ3) is 3.01. The molecule has 1 aliphatic carbocycles. The Labute approximate surface area is 99.9 Å². The highest BCUT2D eigenvalue weighted by atomic mass is 16.5. The molecule has 2 rings (SSSR count). The highest BCUT2D eigenvalue weighted by molar-refractivity contribution is 5.88. The van der Waals surface area contributed by atoms with E-state index in [1.807, 2.05) is 0 Å². The monoisotopic (exact) mass is 236 g/mol. The molecule has 92 valence electrons. The number of hydrogen-bond acceptors (Lipinski definition) is 5. The number of carbonyl (C=O) groups excluding carboxylic acids is 1. The van der Waals surface area contributed by atoms with Crippen molar-refractivity contribution in [3.8, 4) is 0 Å². The molecule has 0 atom stereocenters. The minimum atomic E-state index is -0.380. The predicted molar refractivity (Wildman–Crippen MR) is 61.4 cm³/mol. The molecule has 5 nitrogen and oxygen atoms in total. The molecule has 1 aromatic heterocycles. The predicted octanol–water partition coefficient (Wildman–Crippen LogP) is 0.874. The number of esters is 1. The lowest BCUT2D eigenvalue weighted by molar-refractivity contribution is -0.0202. The van der Waals surface area contributed by atoms with Gasteiger partial charge in [-0.05, 0) is 25.0 Å². The van der Waals surface area contributed by atoms with Gasteiger partial charge in [0, 0.05) is 12.2 Å². The molecular formula is C12H16N2O3. The van der Waals surface area contributed by atoms with Crippen molar-refractivity contribution in [2.24, 2.45) is 5.73 Å². The summed E-state index contributed by atoms with van der Waals surface area (Å²) in [5.41, 5.74) is 6.91. The molecule has 17 heavy (non-hydrogen) atoms. The number of hydrogen-bond donors (Lipinski definition) is 1. The Hall–Kier alpha value is -1.46. The van der Waals surface area contributed by atoms with Gasteiger partial charge in [-0.25, -0.2) is 4.79 Å². The number of nitrogens with two attached hydrogens (primary N) is 1. The van der Waals surface area contributed by atoms with Crippen LogP contribution in [0, 0.1) is 0 Å². The van der Waals surface area contributed by atoms with Gasteiger partial charge in [0.05, 0.1) is 31.1 Å². The topological polar surface area (TPSA) is 74.4 Å². The summed E-state index contributed by atoms with van der Waals surface area (Å²) in [6.45, 7) is 0.457. The van der Waals surface area contributed by atoms with Crippen LogP contribution in [0.25, 0.3) is 0 Å². The van der Waals surface area contributed by atoms with Gasteiger partial charge in [-0.15, -0.1) is 0 Å². The van der Waals surface area contributed by atoms with E-state index in [1.54, 1.807) is 12.1 Å². The third-order valence-corrected chi connectivity index (χ3v) is 2.84. The Kier molecular flexibility index (Phi) is 3.71. The van der Waals surface area contributed by atoms with Crippen molar-refractivity contribution >= 4 is 5.97 Å². The maximum Gasteiger partial charge on any atom is 0.339 e. The molecule has 0 amide bonds. The third-order valence-electron chi connectivity index (χ3n) is 2.84. The molecule has 1 aromatic rings. The lowest BCUT2D eigenvalue weighted by Crippen LogP contribution is -2.41. The quantitative estimate of drug-likeness (QED) is 0.785. The van der Waals surface area contributed by atoms with Gasteiger partial charge >= 0.3 is 5.97 Å². The average molecular weight is 236 g/mol. The second-order valence-electron chi connectivity index (χ2n) is 4.19. The maximum absolute atomic E-state index is 11.2. The van der Waals surface area contributed by atoms with Gasteiger partial charge in [0.2, 0.25) is 0 Å². The van der Waals surface area contributed by atoms with Crippen molar-refractivity contribution in [2.75, 3.05) is 7.11 Å². The first kappa shape index (κ1) is 12.0. The van der Waals surface area contributed by atoms with Crippen LogP contribution in [-0.2, 0) is 16.1 Å². The van der Waals surface area contributed by atoms with Gasteiger partial charge in [-0.2, -0.15) is 0 Å². The molecular weight excluding hydrogens is 220 g/mol. The molecule has 1 saturated carbocycles. The smallest absolute Gasteiger partial charge is 0.339 e. The minimum absolute atomic E-state index is 0.257. The summed E-state index contributed by atoms with van der Waals surface area (Å²) in [7, 11) is 1.35. The number of aromatic nitrogens is 1. The summed E-state index contributed by atoms with van der Waals surface area (Å²) in [6.07, 6.45) is 3.59. The van der Waals surface area contributed by atoms with E-state index in [0.29, 0.717) is 12.2 Å². The first-order valence-electron chi connectivity index (χ1n) is 5.59. The van der Waals surface area contributed by atoms with Gasteiger partial charge in [0.25, 0.3) is 0 Å². The highest BCUT2D eigenvalue weighted by Gasteiger charge is 2.26. The van der Waals surface area contributed by atoms with Crippen LogP contribution in [0.3, 0.4) is 0 Å². The molecule has 0 aliphatic heterocycles. The van der Waals surface area contributed by atoms with Crippen LogP contribution in [0.15, 0.2) is 18.3 Å². The zero-order chi connectivity index (χ0) is 12.3. The molecule has 1 fully saturated rings. The van der Waals surface area contributed by atoms with Crippen LogP contribution in [0.2, 0.25) is 0 Å². The summed E-state index contributed by atoms with van der Waals surface area (Å²) in [4.78, 5) is 15.3. The zero-order valence-electron chi connectivity index (χ0n) is 9.76. The second-order valence-corrected chi connectivity index (χ2v) is 4.19. The molecule has 1 aliphatic rings. The normalized spacial score (nSPS) is 22.9. The van der Waals surface area contributed by atoms with Gasteiger partial charge in [-0.3, -0.25) is 4.98 Å². The van der Waals surface area contributed by atoms with Crippen molar-refractivity contribution in [3.05, 3.63) is 29.6 Å². The van der Waals surface area contributed by atoms with E-state index in [4.69, 9.17) is 10.5 Å². The van der Waals surface area contributed by atoms with E-state index in [0.717, 1.165) is 18.5 Å². The second kappa shape index (κ2) is 5.25.